The molecule has 0 bridgehead atoms. The van der Waals surface area contributed by atoms with Crippen LogP contribution in [0.4, 0.5) is 5.69 Å². The third kappa shape index (κ3) is 3.20. The number of methoxy groups -OCH3 is 1. The Bertz CT molecular complexity index is 867. The van der Waals surface area contributed by atoms with Crippen LogP contribution in [-0.2, 0) is 5.41 Å². The SMILES string of the molecule is COc1ccc(C(=O)N/N=C/C=C2/N(C)c3ccccc3C2(C)C)cc1. The van der Waals surface area contributed by atoms with Gasteiger partial charge < -0.3 is 9.64 Å². The van der Waals surface area contributed by atoms with Gasteiger partial charge in [0.25, 0.3) is 5.91 Å². The Hall–Kier alpha value is -3.08. The lowest BCUT2D eigenvalue weighted by atomic mass is 9.84. The molecule has 134 valence electrons. The van der Waals surface area contributed by atoms with Gasteiger partial charge >= 0.3 is 0 Å². The Morgan fingerprint density at radius 2 is 1.85 bits per heavy atom. The van der Waals surface area contributed by atoms with Crippen LogP contribution in [0.5, 0.6) is 5.75 Å². The molecule has 0 saturated carbocycles. The molecule has 2 aromatic rings. The van der Waals surface area contributed by atoms with Crippen LogP contribution in [0.15, 0.2) is 65.4 Å². The van der Waals surface area contributed by atoms with E-state index >= 15 is 0 Å². The number of allylic oxidation sites excluding steroid dienone is 2. The van der Waals surface area contributed by atoms with Crippen molar-refractivity contribution in [3.8, 4) is 5.75 Å². The molecule has 0 aliphatic carbocycles. The molecule has 0 aromatic heterocycles. The second-order valence-corrected chi connectivity index (χ2v) is 6.70. The first-order valence-electron chi connectivity index (χ1n) is 8.46. The van der Waals surface area contributed by atoms with Crippen LogP contribution >= 0.6 is 0 Å². The number of hydrogen-bond donors (Lipinski definition) is 1. The van der Waals surface area contributed by atoms with Gasteiger partial charge in [0, 0.05) is 35.6 Å². The highest BCUT2D eigenvalue weighted by Gasteiger charge is 2.37. The number of nitrogens with one attached hydrogen (secondary N) is 1. The summed E-state index contributed by atoms with van der Waals surface area (Å²) in [6, 6.07) is 15.2. The number of carbonyl (C=O) groups is 1. The monoisotopic (exact) mass is 349 g/mol. The predicted molar refractivity (Wildman–Crippen MR) is 105 cm³/mol. The number of carbonyl (C=O) groups excluding carboxylic acids is 1. The topological polar surface area (TPSA) is 53.9 Å². The quantitative estimate of drug-likeness (QED) is 0.676. The third-order valence-electron chi connectivity index (χ3n) is 4.77. The highest BCUT2D eigenvalue weighted by atomic mass is 16.5. The Balaban J connectivity index is 1.70. The van der Waals surface area contributed by atoms with E-state index in [9.17, 15) is 4.79 Å². The van der Waals surface area contributed by atoms with E-state index in [1.807, 2.05) is 19.2 Å². The van der Waals surface area contributed by atoms with E-state index in [0.717, 1.165) is 5.70 Å². The smallest absolute Gasteiger partial charge is 0.271 e. The Kier molecular flexibility index (Phi) is 4.80. The van der Waals surface area contributed by atoms with Crippen LogP contribution in [0.3, 0.4) is 0 Å². The van der Waals surface area contributed by atoms with Crippen molar-refractivity contribution in [3.63, 3.8) is 0 Å². The fourth-order valence-corrected chi connectivity index (χ4v) is 3.31. The summed E-state index contributed by atoms with van der Waals surface area (Å²) >= 11 is 0. The highest BCUT2D eigenvalue weighted by Crippen LogP contribution is 2.46. The van der Waals surface area contributed by atoms with Crippen molar-refractivity contribution in [2.75, 3.05) is 19.1 Å². The number of anilines is 1. The van der Waals surface area contributed by atoms with Gasteiger partial charge in [0.05, 0.1) is 7.11 Å². The average Bonchev–Trinajstić information content (AvgIpc) is 2.85. The van der Waals surface area contributed by atoms with Crippen molar-refractivity contribution in [1.29, 1.82) is 0 Å². The number of ether oxygens (including phenoxy) is 1. The second kappa shape index (κ2) is 7.04. The van der Waals surface area contributed by atoms with Crippen LogP contribution in [-0.4, -0.2) is 26.3 Å². The van der Waals surface area contributed by atoms with Crippen LogP contribution in [0.1, 0.15) is 29.8 Å². The fourth-order valence-electron chi connectivity index (χ4n) is 3.31. The van der Waals surface area contributed by atoms with E-state index in [2.05, 4.69) is 47.5 Å². The van der Waals surface area contributed by atoms with Gasteiger partial charge in [0.15, 0.2) is 0 Å². The van der Waals surface area contributed by atoms with E-state index in [-0.39, 0.29) is 11.3 Å². The summed E-state index contributed by atoms with van der Waals surface area (Å²) in [4.78, 5) is 14.3. The zero-order chi connectivity index (χ0) is 18.7. The Morgan fingerprint density at radius 1 is 1.15 bits per heavy atom. The number of hydrogen-bond acceptors (Lipinski definition) is 4. The van der Waals surface area contributed by atoms with Crippen LogP contribution in [0.2, 0.25) is 0 Å². The van der Waals surface area contributed by atoms with E-state index in [1.165, 1.54) is 11.3 Å². The second-order valence-electron chi connectivity index (χ2n) is 6.70. The zero-order valence-corrected chi connectivity index (χ0v) is 15.5. The van der Waals surface area contributed by atoms with E-state index in [1.54, 1.807) is 37.6 Å². The molecule has 1 amide bonds. The van der Waals surface area contributed by atoms with Crippen molar-refractivity contribution in [2.45, 2.75) is 19.3 Å². The lowest BCUT2D eigenvalue weighted by molar-refractivity contribution is 0.0955. The molecule has 0 atom stereocenters. The van der Waals surface area contributed by atoms with Gasteiger partial charge in [-0.15, -0.1) is 0 Å². The van der Waals surface area contributed by atoms with E-state index < -0.39 is 0 Å². The maximum absolute atomic E-state index is 12.1. The molecule has 1 N–H and O–H groups in total. The van der Waals surface area contributed by atoms with Crippen molar-refractivity contribution in [2.24, 2.45) is 5.10 Å². The van der Waals surface area contributed by atoms with Gasteiger partial charge in [0.2, 0.25) is 0 Å². The molecular formula is C21H23N3O2. The largest absolute Gasteiger partial charge is 0.497 e. The summed E-state index contributed by atoms with van der Waals surface area (Å²) in [5.41, 5.74) is 6.57. The van der Waals surface area contributed by atoms with Crippen LogP contribution in [0.25, 0.3) is 0 Å². The zero-order valence-electron chi connectivity index (χ0n) is 15.5. The summed E-state index contributed by atoms with van der Waals surface area (Å²) in [6.07, 6.45) is 3.56. The summed E-state index contributed by atoms with van der Waals surface area (Å²) < 4.78 is 5.09. The minimum Gasteiger partial charge on any atom is -0.497 e. The Morgan fingerprint density at radius 3 is 2.50 bits per heavy atom. The number of likely N-dealkylation sites (N-methyl/N-ethyl adjacent to an activating group) is 1. The first kappa shape index (κ1) is 17.7. The number of hydrazone groups is 1. The first-order chi connectivity index (χ1) is 12.4. The maximum Gasteiger partial charge on any atom is 0.271 e. The normalized spacial score (nSPS) is 16.8. The number of nitrogens with zero attached hydrogens (tertiary/aromatic N) is 2. The summed E-state index contributed by atoms with van der Waals surface area (Å²) in [5.74, 6) is 0.450. The van der Waals surface area contributed by atoms with Crippen molar-refractivity contribution in [3.05, 3.63) is 71.4 Å². The van der Waals surface area contributed by atoms with Crippen molar-refractivity contribution in [1.82, 2.24) is 5.43 Å². The molecule has 0 radical (unpaired) electrons. The number of benzene rings is 2. The number of amides is 1. The summed E-state index contributed by atoms with van der Waals surface area (Å²) in [6.45, 7) is 4.37. The van der Waals surface area contributed by atoms with Crippen molar-refractivity contribution < 1.29 is 9.53 Å². The molecule has 2 aromatic carbocycles. The van der Waals surface area contributed by atoms with Gasteiger partial charge in [-0.25, -0.2) is 5.43 Å². The Labute approximate surface area is 154 Å². The molecule has 1 aliphatic heterocycles. The van der Waals surface area contributed by atoms with Crippen molar-refractivity contribution >= 4 is 17.8 Å². The molecule has 5 heteroatoms. The molecule has 1 aliphatic rings. The molecule has 1 heterocycles. The molecule has 26 heavy (non-hydrogen) atoms. The highest BCUT2D eigenvalue weighted by molar-refractivity contribution is 5.94. The van der Waals surface area contributed by atoms with Gasteiger partial charge in [-0.3, -0.25) is 4.79 Å². The molecule has 5 nitrogen and oxygen atoms in total. The van der Waals surface area contributed by atoms with Gasteiger partial charge in [0.1, 0.15) is 5.75 Å². The minimum atomic E-state index is -0.260. The number of para-hydroxylation sites is 1. The standard InChI is InChI=1S/C21H23N3O2/c1-21(2)17-7-5-6-8-18(17)24(3)19(21)13-14-22-23-20(25)15-9-11-16(26-4)12-10-15/h5-14H,1-4H3,(H,23,25)/b19-13+,22-14+. The third-order valence-corrected chi connectivity index (χ3v) is 4.77. The number of fused-ring (bicyclic) bond motifs is 1. The van der Waals surface area contributed by atoms with Crippen LogP contribution in [0, 0.1) is 0 Å². The molecule has 0 spiro atoms. The lowest BCUT2D eigenvalue weighted by Gasteiger charge is -2.23. The van der Waals surface area contributed by atoms with Gasteiger partial charge in [-0.1, -0.05) is 32.0 Å². The summed E-state index contributed by atoms with van der Waals surface area (Å²) in [5, 5.41) is 4.06. The van der Waals surface area contributed by atoms with E-state index in [4.69, 9.17) is 4.74 Å². The average molecular weight is 349 g/mol. The minimum absolute atomic E-state index is 0.114. The predicted octanol–water partition coefficient (Wildman–Crippen LogP) is 3.72. The van der Waals surface area contributed by atoms with Gasteiger partial charge in [-0.05, 0) is 42.0 Å². The molecular weight excluding hydrogens is 326 g/mol. The molecule has 0 unspecified atom stereocenters. The number of rotatable bonds is 4. The molecule has 3 rings (SSSR count). The van der Waals surface area contributed by atoms with E-state index in [0.29, 0.717) is 11.3 Å². The summed E-state index contributed by atoms with van der Waals surface area (Å²) in [7, 11) is 3.63. The fraction of sp³-hybridized carbons (Fsp3) is 0.238. The molecule has 0 saturated heterocycles. The lowest BCUT2D eigenvalue weighted by Crippen LogP contribution is -2.23. The first-order valence-corrected chi connectivity index (χ1v) is 8.46. The van der Waals surface area contributed by atoms with Crippen LogP contribution < -0.4 is 15.1 Å². The maximum atomic E-state index is 12.1. The van der Waals surface area contributed by atoms with Gasteiger partial charge in [-0.2, -0.15) is 5.10 Å². The molecule has 0 fully saturated rings.